The van der Waals surface area contributed by atoms with Crippen LogP contribution in [0.5, 0.6) is 6.08 Å². The lowest BCUT2D eigenvalue weighted by atomic mass is 10.1. The number of nitrogens with zero attached hydrogens (tertiary/aromatic N) is 1. The monoisotopic (exact) mass is 247 g/mol. The lowest BCUT2D eigenvalue weighted by Gasteiger charge is -2.05. The Hall–Kier alpha value is -1.84. The van der Waals surface area contributed by atoms with E-state index in [1.165, 1.54) is 0 Å². The van der Waals surface area contributed by atoms with Gasteiger partial charge >= 0.3 is 11.7 Å². The van der Waals surface area contributed by atoms with Crippen LogP contribution in [0.4, 0.5) is 0 Å². The van der Waals surface area contributed by atoms with Crippen LogP contribution in [-0.2, 0) is 6.42 Å². The topological polar surface area (TPSA) is 52.3 Å². The van der Waals surface area contributed by atoms with Crippen molar-refractivity contribution < 1.29 is 9.15 Å². The number of unbranched alkanes of at least 4 members (excludes halogenated alkanes) is 1. The Morgan fingerprint density at radius 2 is 2.17 bits per heavy atom. The maximum absolute atomic E-state index is 11.9. The predicted molar refractivity (Wildman–Crippen MR) is 70.1 cm³/mol. The van der Waals surface area contributed by atoms with E-state index in [0.717, 1.165) is 24.8 Å². The Kier molecular flexibility index (Phi) is 3.97. The molecule has 4 heteroatoms. The van der Waals surface area contributed by atoms with Crippen molar-refractivity contribution in [3.8, 4) is 6.08 Å². The zero-order valence-electron chi connectivity index (χ0n) is 10.7. The molecule has 0 amide bonds. The summed E-state index contributed by atoms with van der Waals surface area (Å²) in [6.07, 6.45) is 2.78. The molecule has 0 saturated carbocycles. The van der Waals surface area contributed by atoms with Gasteiger partial charge in [0, 0.05) is 0 Å². The third-order valence-corrected chi connectivity index (χ3v) is 2.83. The zero-order valence-corrected chi connectivity index (χ0v) is 10.7. The van der Waals surface area contributed by atoms with Gasteiger partial charge in [0.2, 0.25) is 0 Å². The SMILES string of the molecule is CCCCOc1nc2cccc(CC)c2c(=O)o1. The van der Waals surface area contributed by atoms with Crippen molar-refractivity contribution in [3.63, 3.8) is 0 Å². The summed E-state index contributed by atoms with van der Waals surface area (Å²) in [4.78, 5) is 16.2. The maximum Gasteiger partial charge on any atom is 0.397 e. The highest BCUT2D eigenvalue weighted by molar-refractivity contribution is 5.80. The highest BCUT2D eigenvalue weighted by atomic mass is 16.6. The Morgan fingerprint density at radius 3 is 2.89 bits per heavy atom. The van der Waals surface area contributed by atoms with Crippen LogP contribution in [0, 0.1) is 0 Å². The van der Waals surface area contributed by atoms with Crippen LogP contribution in [0.3, 0.4) is 0 Å². The quantitative estimate of drug-likeness (QED) is 0.762. The minimum atomic E-state index is -0.371. The van der Waals surface area contributed by atoms with Gasteiger partial charge in [-0.05, 0) is 24.5 Å². The summed E-state index contributed by atoms with van der Waals surface area (Å²) >= 11 is 0. The van der Waals surface area contributed by atoms with E-state index in [0.29, 0.717) is 17.5 Å². The number of hydrogen-bond acceptors (Lipinski definition) is 4. The molecule has 0 bridgehead atoms. The Labute approximate surface area is 106 Å². The fourth-order valence-electron chi connectivity index (χ4n) is 1.83. The van der Waals surface area contributed by atoms with E-state index in [1.54, 1.807) is 6.07 Å². The van der Waals surface area contributed by atoms with E-state index in [4.69, 9.17) is 9.15 Å². The van der Waals surface area contributed by atoms with Crippen molar-refractivity contribution in [1.29, 1.82) is 0 Å². The molecular formula is C14H17NO3. The molecule has 0 aliphatic carbocycles. The molecule has 0 fully saturated rings. The summed E-state index contributed by atoms with van der Waals surface area (Å²) in [6.45, 7) is 4.59. The molecule has 0 N–H and O–H groups in total. The molecule has 2 aromatic rings. The Morgan fingerprint density at radius 1 is 1.33 bits per heavy atom. The third kappa shape index (κ3) is 2.53. The first-order chi connectivity index (χ1) is 8.76. The van der Waals surface area contributed by atoms with Crippen molar-refractivity contribution in [1.82, 2.24) is 4.98 Å². The number of aryl methyl sites for hydroxylation is 1. The van der Waals surface area contributed by atoms with Gasteiger partial charge in [-0.3, -0.25) is 0 Å². The van der Waals surface area contributed by atoms with E-state index < -0.39 is 0 Å². The standard InChI is InChI=1S/C14H17NO3/c1-3-5-9-17-14-15-11-8-6-7-10(4-2)12(11)13(16)18-14/h6-8H,3-5,9H2,1-2H3. The van der Waals surface area contributed by atoms with Crippen LogP contribution in [0.25, 0.3) is 10.9 Å². The first kappa shape index (κ1) is 12.6. The number of ether oxygens (including phenoxy) is 1. The van der Waals surface area contributed by atoms with Crippen LogP contribution in [0.1, 0.15) is 32.3 Å². The summed E-state index contributed by atoms with van der Waals surface area (Å²) in [5.74, 6) is 0. The number of fused-ring (bicyclic) bond motifs is 1. The molecule has 4 nitrogen and oxygen atoms in total. The molecule has 0 unspecified atom stereocenters. The molecule has 0 atom stereocenters. The predicted octanol–water partition coefficient (Wildman–Crippen LogP) is 2.93. The van der Waals surface area contributed by atoms with E-state index in [-0.39, 0.29) is 11.7 Å². The molecule has 0 aliphatic rings. The molecule has 0 radical (unpaired) electrons. The summed E-state index contributed by atoms with van der Waals surface area (Å²) in [5, 5.41) is 0.558. The van der Waals surface area contributed by atoms with Crippen molar-refractivity contribution in [3.05, 3.63) is 34.2 Å². The lowest BCUT2D eigenvalue weighted by molar-refractivity contribution is 0.213. The van der Waals surface area contributed by atoms with Gasteiger partial charge in [-0.2, -0.15) is 4.98 Å². The first-order valence-electron chi connectivity index (χ1n) is 6.31. The molecule has 2 rings (SSSR count). The fraction of sp³-hybridized carbons (Fsp3) is 0.429. The van der Waals surface area contributed by atoms with Gasteiger partial charge in [0.05, 0.1) is 17.5 Å². The molecule has 1 aromatic heterocycles. The summed E-state index contributed by atoms with van der Waals surface area (Å²) in [7, 11) is 0. The molecule has 0 aliphatic heterocycles. The smallest absolute Gasteiger partial charge is 0.397 e. The van der Waals surface area contributed by atoms with E-state index >= 15 is 0 Å². The average Bonchev–Trinajstić information content (AvgIpc) is 2.38. The van der Waals surface area contributed by atoms with Gasteiger partial charge in [0.1, 0.15) is 0 Å². The molecule has 18 heavy (non-hydrogen) atoms. The molecular weight excluding hydrogens is 230 g/mol. The molecule has 0 saturated heterocycles. The lowest BCUT2D eigenvalue weighted by Crippen LogP contribution is -2.08. The average molecular weight is 247 g/mol. The summed E-state index contributed by atoms with van der Waals surface area (Å²) in [5.41, 5.74) is 1.22. The molecule has 1 heterocycles. The highest BCUT2D eigenvalue weighted by Gasteiger charge is 2.10. The zero-order chi connectivity index (χ0) is 13.0. The number of hydrogen-bond donors (Lipinski definition) is 0. The van der Waals surface area contributed by atoms with Crippen molar-refractivity contribution >= 4 is 10.9 Å². The van der Waals surface area contributed by atoms with Crippen LogP contribution in [0.15, 0.2) is 27.4 Å². The second-order valence-electron chi connectivity index (χ2n) is 4.13. The van der Waals surface area contributed by atoms with Gasteiger partial charge in [0.25, 0.3) is 0 Å². The summed E-state index contributed by atoms with van der Waals surface area (Å²) < 4.78 is 10.4. The Bertz CT molecular complexity index is 589. The first-order valence-corrected chi connectivity index (χ1v) is 6.31. The second kappa shape index (κ2) is 5.67. The minimum absolute atomic E-state index is 0.0641. The fourth-order valence-corrected chi connectivity index (χ4v) is 1.83. The highest BCUT2D eigenvalue weighted by Crippen LogP contribution is 2.17. The molecule has 96 valence electrons. The third-order valence-electron chi connectivity index (χ3n) is 2.83. The maximum atomic E-state index is 11.9. The van der Waals surface area contributed by atoms with Gasteiger partial charge in [-0.15, -0.1) is 0 Å². The van der Waals surface area contributed by atoms with Crippen molar-refractivity contribution in [2.75, 3.05) is 6.61 Å². The van der Waals surface area contributed by atoms with Crippen LogP contribution in [0.2, 0.25) is 0 Å². The Balaban J connectivity index is 2.41. The molecule has 0 spiro atoms. The van der Waals surface area contributed by atoms with Crippen molar-refractivity contribution in [2.24, 2.45) is 0 Å². The van der Waals surface area contributed by atoms with Crippen molar-refractivity contribution in [2.45, 2.75) is 33.1 Å². The normalized spacial score (nSPS) is 10.8. The van der Waals surface area contributed by atoms with Crippen LogP contribution >= 0.6 is 0 Å². The minimum Gasteiger partial charge on any atom is -0.450 e. The number of rotatable bonds is 5. The van der Waals surface area contributed by atoms with Gasteiger partial charge in [-0.1, -0.05) is 32.4 Å². The van der Waals surface area contributed by atoms with E-state index in [1.807, 2.05) is 19.1 Å². The largest absolute Gasteiger partial charge is 0.450 e. The van der Waals surface area contributed by atoms with Gasteiger partial charge in [-0.25, -0.2) is 4.79 Å². The molecule has 1 aromatic carbocycles. The van der Waals surface area contributed by atoms with E-state index in [2.05, 4.69) is 11.9 Å². The van der Waals surface area contributed by atoms with Crippen LogP contribution < -0.4 is 10.4 Å². The van der Waals surface area contributed by atoms with E-state index in [9.17, 15) is 4.79 Å². The summed E-state index contributed by atoms with van der Waals surface area (Å²) in [6, 6.07) is 5.61. The van der Waals surface area contributed by atoms with Gasteiger partial charge in [0.15, 0.2) is 0 Å². The van der Waals surface area contributed by atoms with Crippen LogP contribution in [-0.4, -0.2) is 11.6 Å². The second-order valence-corrected chi connectivity index (χ2v) is 4.13. The number of aromatic nitrogens is 1. The van der Waals surface area contributed by atoms with Gasteiger partial charge < -0.3 is 9.15 Å². The number of benzene rings is 1.